The van der Waals surface area contributed by atoms with E-state index in [4.69, 9.17) is 9.26 Å². The van der Waals surface area contributed by atoms with Crippen molar-refractivity contribution in [3.8, 4) is 5.75 Å². The summed E-state index contributed by atoms with van der Waals surface area (Å²) >= 11 is 0. The fourth-order valence-electron chi connectivity index (χ4n) is 2.79. The minimum Gasteiger partial charge on any atom is -0.486 e. The summed E-state index contributed by atoms with van der Waals surface area (Å²) in [6.45, 7) is 3.88. The van der Waals surface area contributed by atoms with Crippen molar-refractivity contribution in [3.63, 3.8) is 0 Å². The summed E-state index contributed by atoms with van der Waals surface area (Å²) in [5, 5.41) is 3.76. The molecule has 1 atom stereocenters. The van der Waals surface area contributed by atoms with Gasteiger partial charge in [-0.25, -0.2) is 0 Å². The van der Waals surface area contributed by atoms with Gasteiger partial charge < -0.3 is 19.1 Å². The lowest BCUT2D eigenvalue weighted by Gasteiger charge is -2.37. The third-order valence-corrected chi connectivity index (χ3v) is 4.57. The minimum atomic E-state index is -4.44. The van der Waals surface area contributed by atoms with Crippen LogP contribution < -0.4 is 4.74 Å². The van der Waals surface area contributed by atoms with Gasteiger partial charge >= 0.3 is 6.18 Å². The molecule has 1 saturated heterocycles. The van der Waals surface area contributed by atoms with E-state index in [1.165, 1.54) is 18.2 Å². The number of halogens is 3. The highest BCUT2D eigenvalue weighted by Gasteiger charge is 2.31. The second-order valence-corrected chi connectivity index (χ2v) is 6.57. The van der Waals surface area contributed by atoms with Crippen LogP contribution in [0.3, 0.4) is 0 Å². The average molecular weight is 383 g/mol. The number of benzene rings is 1. The molecule has 146 valence electrons. The number of rotatable bonds is 4. The van der Waals surface area contributed by atoms with E-state index in [0.717, 1.165) is 18.7 Å². The summed E-state index contributed by atoms with van der Waals surface area (Å²) < 4.78 is 48.6. The summed E-state index contributed by atoms with van der Waals surface area (Å²) in [5.41, 5.74) is -0.632. The molecule has 2 heterocycles. The summed E-state index contributed by atoms with van der Waals surface area (Å²) in [6, 6.07) is 6.27. The molecule has 0 bridgehead atoms. The summed E-state index contributed by atoms with van der Waals surface area (Å²) in [4.78, 5) is 16.4. The van der Waals surface area contributed by atoms with Crippen LogP contribution in [0.4, 0.5) is 13.2 Å². The van der Waals surface area contributed by atoms with Crippen molar-refractivity contribution in [2.45, 2.75) is 25.7 Å². The molecule has 1 aromatic carbocycles. The number of carbonyl (C=O) groups excluding carboxylic acids is 1. The highest BCUT2D eigenvalue weighted by Crippen LogP contribution is 2.31. The molecule has 1 unspecified atom stereocenters. The first-order valence-electron chi connectivity index (χ1n) is 8.49. The Morgan fingerprint density at radius 1 is 1.33 bits per heavy atom. The predicted octanol–water partition coefficient (Wildman–Crippen LogP) is 3.05. The molecule has 0 saturated carbocycles. The Hall–Kier alpha value is -2.55. The number of nitrogens with zero attached hydrogens (tertiary/aromatic N) is 3. The van der Waals surface area contributed by atoms with Gasteiger partial charge in [-0.15, -0.1) is 0 Å². The predicted molar refractivity (Wildman–Crippen MR) is 90.3 cm³/mol. The zero-order valence-corrected chi connectivity index (χ0v) is 15.0. The number of likely N-dealkylation sites (N-methyl/N-ethyl adjacent to an activating group) is 1. The zero-order chi connectivity index (χ0) is 19.6. The van der Waals surface area contributed by atoms with E-state index >= 15 is 0 Å². The van der Waals surface area contributed by atoms with Gasteiger partial charge in [0.1, 0.15) is 12.4 Å². The van der Waals surface area contributed by atoms with E-state index in [2.05, 4.69) is 10.1 Å². The normalized spacial score (nSPS) is 18.6. The minimum absolute atomic E-state index is 0.0574. The molecule has 6 nitrogen and oxygen atoms in total. The van der Waals surface area contributed by atoms with Crippen LogP contribution in [0, 0.1) is 0 Å². The van der Waals surface area contributed by atoms with Crippen molar-refractivity contribution in [2.24, 2.45) is 0 Å². The fourth-order valence-corrected chi connectivity index (χ4v) is 2.79. The van der Waals surface area contributed by atoms with Gasteiger partial charge in [0.2, 0.25) is 0 Å². The van der Waals surface area contributed by atoms with Gasteiger partial charge in [0.15, 0.2) is 11.5 Å². The molecule has 1 amide bonds. The number of hydrogen-bond acceptors (Lipinski definition) is 5. The summed E-state index contributed by atoms with van der Waals surface area (Å²) in [5.74, 6) is 0.0870. The Labute approximate surface area is 154 Å². The van der Waals surface area contributed by atoms with Crippen LogP contribution in [0.2, 0.25) is 0 Å². The number of piperazine rings is 1. The molecule has 3 rings (SSSR count). The third-order valence-electron chi connectivity index (χ3n) is 4.57. The van der Waals surface area contributed by atoms with Gasteiger partial charge in [-0.2, -0.15) is 13.2 Å². The highest BCUT2D eigenvalue weighted by molar-refractivity contribution is 5.92. The van der Waals surface area contributed by atoms with Gasteiger partial charge in [0.25, 0.3) is 5.91 Å². The number of alkyl halides is 3. The molecule has 0 N–H and O–H groups in total. The maximum absolute atomic E-state index is 12.7. The lowest BCUT2D eigenvalue weighted by atomic mass is 10.2. The Balaban J connectivity index is 1.61. The van der Waals surface area contributed by atoms with Crippen LogP contribution in [0.5, 0.6) is 5.75 Å². The highest BCUT2D eigenvalue weighted by atomic mass is 19.4. The number of carbonyl (C=O) groups is 1. The smallest absolute Gasteiger partial charge is 0.416 e. The quantitative estimate of drug-likeness (QED) is 0.812. The maximum atomic E-state index is 12.7. The largest absolute Gasteiger partial charge is 0.486 e. The molecule has 27 heavy (non-hydrogen) atoms. The van der Waals surface area contributed by atoms with Crippen molar-refractivity contribution < 1.29 is 27.2 Å². The monoisotopic (exact) mass is 383 g/mol. The van der Waals surface area contributed by atoms with Crippen molar-refractivity contribution in [3.05, 3.63) is 47.3 Å². The maximum Gasteiger partial charge on any atom is 0.416 e. The van der Waals surface area contributed by atoms with Crippen molar-refractivity contribution in [1.29, 1.82) is 0 Å². The summed E-state index contributed by atoms with van der Waals surface area (Å²) in [6.07, 6.45) is -4.44. The van der Waals surface area contributed by atoms with E-state index in [1.807, 2.05) is 14.0 Å². The van der Waals surface area contributed by atoms with Crippen molar-refractivity contribution in [1.82, 2.24) is 15.0 Å². The molecule has 0 spiro atoms. The van der Waals surface area contributed by atoms with Gasteiger partial charge in [0, 0.05) is 31.7 Å². The first-order valence-corrected chi connectivity index (χ1v) is 8.49. The molecule has 2 aromatic rings. The SMILES string of the molecule is CC1CN(C(=O)c2cc(COc3cccc(C(F)(F)F)c3)on2)CCN1C. The van der Waals surface area contributed by atoms with Crippen LogP contribution in [0.15, 0.2) is 34.9 Å². The van der Waals surface area contributed by atoms with Crippen LogP contribution >= 0.6 is 0 Å². The molecule has 1 aliphatic heterocycles. The van der Waals surface area contributed by atoms with Gasteiger partial charge in [-0.3, -0.25) is 4.79 Å². The van der Waals surface area contributed by atoms with E-state index in [-0.39, 0.29) is 35.8 Å². The zero-order valence-electron chi connectivity index (χ0n) is 15.0. The van der Waals surface area contributed by atoms with E-state index in [9.17, 15) is 18.0 Å². The Bertz CT molecular complexity index is 806. The molecule has 0 radical (unpaired) electrons. The molecule has 0 aliphatic carbocycles. The van der Waals surface area contributed by atoms with Crippen LogP contribution in [0.1, 0.15) is 28.7 Å². The van der Waals surface area contributed by atoms with Gasteiger partial charge in [-0.05, 0) is 32.2 Å². The number of aromatic nitrogens is 1. The number of amides is 1. The molecule has 1 aromatic heterocycles. The van der Waals surface area contributed by atoms with E-state index in [1.54, 1.807) is 4.90 Å². The fraction of sp³-hybridized carbons (Fsp3) is 0.444. The lowest BCUT2D eigenvalue weighted by molar-refractivity contribution is -0.137. The van der Waals surface area contributed by atoms with E-state index < -0.39 is 11.7 Å². The Morgan fingerprint density at radius 3 is 2.81 bits per heavy atom. The van der Waals surface area contributed by atoms with Crippen molar-refractivity contribution >= 4 is 5.91 Å². The van der Waals surface area contributed by atoms with Gasteiger partial charge in [-0.1, -0.05) is 11.2 Å². The lowest BCUT2D eigenvalue weighted by Crippen LogP contribution is -2.52. The Kier molecular flexibility index (Phi) is 5.41. The average Bonchev–Trinajstić information content (AvgIpc) is 3.10. The van der Waals surface area contributed by atoms with E-state index in [0.29, 0.717) is 13.1 Å². The topological polar surface area (TPSA) is 58.8 Å². The molecule has 9 heteroatoms. The first kappa shape index (κ1) is 19.2. The first-order chi connectivity index (χ1) is 12.7. The van der Waals surface area contributed by atoms with Gasteiger partial charge in [0.05, 0.1) is 5.56 Å². The summed E-state index contributed by atoms with van der Waals surface area (Å²) in [7, 11) is 2.01. The van der Waals surface area contributed by atoms with Crippen LogP contribution in [-0.2, 0) is 12.8 Å². The Morgan fingerprint density at radius 2 is 2.11 bits per heavy atom. The number of hydrogen-bond donors (Lipinski definition) is 0. The van der Waals surface area contributed by atoms with Crippen molar-refractivity contribution in [2.75, 3.05) is 26.7 Å². The van der Waals surface area contributed by atoms with Crippen LogP contribution in [-0.4, -0.2) is 53.6 Å². The second kappa shape index (κ2) is 7.59. The van der Waals surface area contributed by atoms with Crippen LogP contribution in [0.25, 0.3) is 0 Å². The third kappa shape index (κ3) is 4.60. The number of ether oxygens (including phenoxy) is 1. The molecule has 1 aliphatic rings. The standard InChI is InChI=1S/C18H20F3N3O3/c1-12-10-24(7-6-23(12)2)17(25)16-9-15(27-22-16)11-26-14-5-3-4-13(8-14)18(19,20)21/h3-5,8-9,12H,6-7,10-11H2,1-2H3. The molecular formula is C18H20F3N3O3. The molecular weight excluding hydrogens is 363 g/mol. The second-order valence-electron chi connectivity index (χ2n) is 6.57. The molecule has 1 fully saturated rings.